The lowest BCUT2D eigenvalue weighted by Gasteiger charge is -2.05. The van der Waals surface area contributed by atoms with Gasteiger partial charge in [-0.25, -0.2) is 4.79 Å². The largest absolute Gasteiger partial charge is 0.593 e. The molecule has 0 aliphatic carbocycles. The van der Waals surface area contributed by atoms with Gasteiger partial charge in [0, 0.05) is 5.56 Å². The number of ketones is 1. The summed E-state index contributed by atoms with van der Waals surface area (Å²) < 4.78 is 12.6. The average Bonchev–Trinajstić information content (AvgIpc) is 3.14. The maximum Gasteiger partial charge on any atom is 0.335 e. The third kappa shape index (κ3) is 4.52. The quantitative estimate of drug-likeness (QED) is 0.338. The Bertz CT molecular complexity index is 958. The number of nitrogens with two attached hydrogens (primary N) is 1. The molecule has 138 valence electrons. The van der Waals surface area contributed by atoms with Crippen LogP contribution < -0.4 is 5.14 Å². The first kappa shape index (κ1) is 19.0. The minimum atomic E-state index is -1.59. The Morgan fingerprint density at radius 3 is 2.33 bits per heavy atom. The number of benzene rings is 2. The van der Waals surface area contributed by atoms with Gasteiger partial charge in [-0.15, -0.1) is 10.2 Å². The summed E-state index contributed by atoms with van der Waals surface area (Å²) in [4.78, 5) is 23.7. The molecule has 0 bridgehead atoms. The molecule has 9 nitrogen and oxygen atoms in total. The predicted octanol–water partition coefficient (Wildman–Crippen LogP) is 1.32. The molecule has 1 atom stereocenters. The van der Waals surface area contributed by atoms with Crippen molar-refractivity contribution in [1.82, 2.24) is 20.2 Å². The van der Waals surface area contributed by atoms with Gasteiger partial charge in [-0.1, -0.05) is 11.8 Å². The number of rotatable bonds is 7. The van der Waals surface area contributed by atoms with Crippen LogP contribution in [-0.2, 0) is 11.4 Å². The van der Waals surface area contributed by atoms with Crippen LogP contribution in [0.3, 0.4) is 0 Å². The third-order valence-electron chi connectivity index (χ3n) is 3.54. The van der Waals surface area contributed by atoms with Crippen molar-refractivity contribution in [3.63, 3.8) is 0 Å². The molecule has 3 aromatic rings. The number of tetrazole rings is 1. The van der Waals surface area contributed by atoms with Crippen molar-refractivity contribution in [3.8, 4) is 5.69 Å². The van der Waals surface area contributed by atoms with E-state index in [1.54, 1.807) is 36.4 Å². The molecular formula is C16H13N5O4S2. The van der Waals surface area contributed by atoms with Crippen molar-refractivity contribution < 1.29 is 19.2 Å². The fraction of sp³-hybridized carbons (Fsp3) is 0.0625. The minimum Gasteiger partial charge on any atom is -0.593 e. The van der Waals surface area contributed by atoms with Gasteiger partial charge in [0.2, 0.25) is 5.16 Å². The standard InChI is InChI=1S/C16H13N5O4S2/c17-27(25)13-7-3-10(4-8-13)14(22)9-26-16-18-19-20-21(16)12-5-1-11(2-6-12)15(23)24/h1-8H,9,17H2,(H,23,24). The summed E-state index contributed by atoms with van der Waals surface area (Å²) in [7, 11) is 0. The molecule has 0 spiro atoms. The zero-order valence-corrected chi connectivity index (χ0v) is 15.3. The summed E-state index contributed by atoms with van der Waals surface area (Å²) in [6, 6.07) is 12.3. The Morgan fingerprint density at radius 1 is 1.11 bits per heavy atom. The van der Waals surface area contributed by atoms with Gasteiger partial charge in [-0.05, 0) is 59.0 Å². The summed E-state index contributed by atoms with van der Waals surface area (Å²) in [6.45, 7) is 0. The first-order valence-corrected chi connectivity index (χ1v) is 9.70. The predicted molar refractivity (Wildman–Crippen MR) is 98.2 cm³/mol. The maximum atomic E-state index is 12.3. The topological polar surface area (TPSA) is 147 Å². The van der Waals surface area contributed by atoms with Crippen LogP contribution in [0.2, 0.25) is 0 Å². The summed E-state index contributed by atoms with van der Waals surface area (Å²) in [5.41, 5.74) is 1.19. The number of hydrogen-bond donors (Lipinski definition) is 2. The van der Waals surface area contributed by atoms with Crippen molar-refractivity contribution in [2.24, 2.45) is 5.14 Å². The highest BCUT2D eigenvalue weighted by Gasteiger charge is 2.14. The summed E-state index contributed by atoms with van der Waals surface area (Å²) in [5.74, 6) is -1.08. The normalized spacial score (nSPS) is 11.9. The minimum absolute atomic E-state index is 0.0959. The van der Waals surface area contributed by atoms with Crippen molar-refractivity contribution in [1.29, 1.82) is 0 Å². The molecule has 3 rings (SSSR count). The molecule has 0 aliphatic rings. The second kappa shape index (κ2) is 8.31. The first-order valence-electron chi connectivity index (χ1n) is 7.50. The summed E-state index contributed by atoms with van der Waals surface area (Å²) in [6.07, 6.45) is 0. The van der Waals surface area contributed by atoms with Gasteiger partial charge >= 0.3 is 5.97 Å². The van der Waals surface area contributed by atoms with Crippen LogP contribution in [0.1, 0.15) is 20.7 Å². The highest BCUT2D eigenvalue weighted by molar-refractivity contribution is 7.99. The van der Waals surface area contributed by atoms with E-state index in [1.807, 2.05) is 0 Å². The van der Waals surface area contributed by atoms with E-state index in [9.17, 15) is 14.1 Å². The van der Waals surface area contributed by atoms with Crippen molar-refractivity contribution in [2.45, 2.75) is 10.1 Å². The Balaban J connectivity index is 1.69. The van der Waals surface area contributed by atoms with Crippen molar-refractivity contribution >= 4 is 34.9 Å². The molecule has 1 heterocycles. The van der Waals surface area contributed by atoms with E-state index in [1.165, 1.54) is 16.8 Å². The number of thioether (sulfide) groups is 1. The number of carboxylic acid groups (broad SMARTS) is 1. The van der Waals surface area contributed by atoms with Crippen LogP contribution >= 0.6 is 11.8 Å². The number of nitrogens with zero attached hydrogens (tertiary/aromatic N) is 4. The van der Waals surface area contributed by atoms with E-state index in [0.29, 0.717) is 21.3 Å². The summed E-state index contributed by atoms with van der Waals surface area (Å²) >= 11 is -0.442. The Kier molecular flexibility index (Phi) is 5.86. The lowest BCUT2D eigenvalue weighted by molar-refractivity contribution is 0.0696. The van der Waals surface area contributed by atoms with Crippen LogP contribution in [0.4, 0.5) is 0 Å². The van der Waals surface area contributed by atoms with Crippen molar-refractivity contribution in [2.75, 3.05) is 5.75 Å². The number of Topliss-reactive ketones (excluding diaryl/α,β-unsaturated/α-hetero) is 1. The zero-order valence-electron chi connectivity index (χ0n) is 13.7. The van der Waals surface area contributed by atoms with E-state index >= 15 is 0 Å². The lowest BCUT2D eigenvalue weighted by Crippen LogP contribution is -2.12. The molecule has 0 amide bonds. The van der Waals surface area contributed by atoms with E-state index < -0.39 is 17.3 Å². The fourth-order valence-electron chi connectivity index (χ4n) is 2.16. The molecule has 3 N–H and O–H groups in total. The Morgan fingerprint density at radius 2 is 1.74 bits per heavy atom. The molecule has 0 fully saturated rings. The smallest absolute Gasteiger partial charge is 0.335 e. The van der Waals surface area contributed by atoms with Crippen LogP contribution in [0, 0.1) is 0 Å². The van der Waals surface area contributed by atoms with E-state index in [2.05, 4.69) is 15.5 Å². The molecule has 1 unspecified atom stereocenters. The third-order valence-corrected chi connectivity index (χ3v) is 5.20. The van der Waals surface area contributed by atoms with Crippen LogP contribution in [0.15, 0.2) is 58.6 Å². The Labute approximate surface area is 160 Å². The van der Waals surface area contributed by atoms with Crippen LogP contribution in [0.5, 0.6) is 0 Å². The monoisotopic (exact) mass is 403 g/mol. The maximum absolute atomic E-state index is 12.3. The molecule has 2 aromatic carbocycles. The number of hydrogen-bond acceptors (Lipinski definition) is 8. The average molecular weight is 403 g/mol. The first-order chi connectivity index (χ1) is 13.0. The second-order valence-electron chi connectivity index (χ2n) is 5.26. The van der Waals surface area contributed by atoms with E-state index in [0.717, 1.165) is 11.8 Å². The molecule has 1 aromatic heterocycles. The highest BCUT2D eigenvalue weighted by atomic mass is 32.2. The molecule has 0 aliphatic heterocycles. The van der Waals surface area contributed by atoms with Gasteiger partial charge in [0.15, 0.2) is 10.7 Å². The number of aromatic nitrogens is 4. The number of aromatic carboxylic acids is 1. The van der Waals surface area contributed by atoms with Gasteiger partial charge in [0.25, 0.3) is 0 Å². The van der Waals surface area contributed by atoms with Gasteiger partial charge in [0.05, 0.1) is 28.4 Å². The SMILES string of the molecule is N[S+]([O-])c1ccc(C(=O)CSc2nnnn2-c2ccc(C(=O)O)cc2)cc1. The van der Waals surface area contributed by atoms with Crippen molar-refractivity contribution in [3.05, 3.63) is 59.7 Å². The van der Waals surface area contributed by atoms with Gasteiger partial charge in [-0.2, -0.15) is 4.68 Å². The number of carbonyl (C=O) groups is 2. The van der Waals surface area contributed by atoms with Gasteiger partial charge in [0.1, 0.15) is 0 Å². The number of carboxylic acids is 1. The van der Waals surface area contributed by atoms with E-state index in [-0.39, 0.29) is 17.1 Å². The van der Waals surface area contributed by atoms with Gasteiger partial charge < -0.3 is 9.66 Å². The second-order valence-corrected chi connectivity index (χ2v) is 7.27. The fourth-order valence-corrected chi connectivity index (χ4v) is 3.35. The number of carbonyl (C=O) groups excluding carboxylic acids is 1. The van der Waals surface area contributed by atoms with Gasteiger partial charge in [-0.3, -0.25) is 4.79 Å². The molecule has 27 heavy (non-hydrogen) atoms. The molecule has 0 saturated carbocycles. The summed E-state index contributed by atoms with van der Waals surface area (Å²) in [5, 5.41) is 26.0. The molecule has 0 radical (unpaired) electrons. The van der Waals surface area contributed by atoms with Crippen LogP contribution in [0.25, 0.3) is 5.69 Å². The molecule has 0 saturated heterocycles. The zero-order chi connectivity index (χ0) is 19.4. The lowest BCUT2D eigenvalue weighted by atomic mass is 10.1. The van der Waals surface area contributed by atoms with Crippen LogP contribution in [-0.4, -0.2) is 47.4 Å². The van der Waals surface area contributed by atoms with E-state index in [4.69, 9.17) is 10.2 Å². The molecule has 11 heteroatoms. The molecular weight excluding hydrogens is 390 g/mol. The highest BCUT2D eigenvalue weighted by Crippen LogP contribution is 2.20. The Hall–Kier alpha value is -2.73.